The van der Waals surface area contributed by atoms with E-state index in [-0.39, 0.29) is 24.0 Å². The molecular weight excluding hydrogens is 399 g/mol. The van der Waals surface area contributed by atoms with Crippen LogP contribution in [0.1, 0.15) is 40.8 Å². The molecular formula is C19H14ClFN6O2. The highest BCUT2D eigenvalue weighted by Crippen LogP contribution is 2.42. The van der Waals surface area contributed by atoms with E-state index in [1.807, 2.05) is 0 Å². The topological polar surface area (TPSA) is 98.6 Å². The highest BCUT2D eigenvalue weighted by molar-refractivity contribution is 6.29. The van der Waals surface area contributed by atoms with E-state index in [1.165, 1.54) is 12.1 Å². The van der Waals surface area contributed by atoms with Gasteiger partial charge in [-0.3, -0.25) is 0 Å². The van der Waals surface area contributed by atoms with Crippen LogP contribution in [-0.4, -0.2) is 35.9 Å². The van der Waals surface area contributed by atoms with Crippen LogP contribution < -0.4 is 0 Å². The first-order valence-electron chi connectivity index (χ1n) is 8.98. The van der Waals surface area contributed by atoms with Crippen molar-refractivity contribution in [2.24, 2.45) is 0 Å². The molecule has 1 aliphatic rings. The van der Waals surface area contributed by atoms with Crippen LogP contribution >= 0.6 is 11.6 Å². The molecule has 8 nitrogen and oxygen atoms in total. The number of carbonyl (C=O) groups is 1. The predicted molar refractivity (Wildman–Crippen MR) is 101 cm³/mol. The molecule has 3 heterocycles. The van der Waals surface area contributed by atoms with Gasteiger partial charge >= 0.3 is 5.97 Å². The number of esters is 1. The molecule has 29 heavy (non-hydrogen) atoms. The van der Waals surface area contributed by atoms with Crippen LogP contribution in [0.3, 0.4) is 0 Å². The van der Waals surface area contributed by atoms with Crippen LogP contribution in [0.25, 0.3) is 16.9 Å². The average molecular weight is 413 g/mol. The molecule has 1 saturated carbocycles. The fraction of sp³-hybridized carbons (Fsp3) is 0.211. The van der Waals surface area contributed by atoms with Crippen molar-refractivity contribution in [2.45, 2.75) is 25.4 Å². The zero-order valence-corrected chi connectivity index (χ0v) is 15.7. The number of nitrogens with one attached hydrogen (secondary N) is 1. The number of H-pyrrole nitrogens is 1. The summed E-state index contributed by atoms with van der Waals surface area (Å²) >= 11 is 5.86. The fourth-order valence-corrected chi connectivity index (χ4v) is 3.26. The molecule has 0 aliphatic heterocycles. The summed E-state index contributed by atoms with van der Waals surface area (Å²) in [5, 5.41) is 8.45. The lowest BCUT2D eigenvalue weighted by Gasteiger charge is -2.07. The number of benzene rings is 1. The minimum atomic E-state index is -0.591. The van der Waals surface area contributed by atoms with Crippen molar-refractivity contribution >= 4 is 28.7 Å². The molecule has 0 unspecified atom stereocenters. The van der Waals surface area contributed by atoms with E-state index >= 15 is 0 Å². The Labute approximate surface area is 168 Å². The number of ether oxygens (including phenoxy) is 1. The van der Waals surface area contributed by atoms with Crippen molar-refractivity contribution in [3.8, 4) is 5.69 Å². The van der Waals surface area contributed by atoms with Gasteiger partial charge in [-0.2, -0.15) is 0 Å². The second-order valence-electron chi connectivity index (χ2n) is 6.75. The van der Waals surface area contributed by atoms with Crippen LogP contribution in [0, 0.1) is 5.82 Å². The lowest BCUT2D eigenvalue weighted by Crippen LogP contribution is -2.10. The molecule has 0 bridgehead atoms. The van der Waals surface area contributed by atoms with Gasteiger partial charge in [-0.1, -0.05) is 16.8 Å². The zero-order valence-electron chi connectivity index (χ0n) is 15.0. The molecule has 1 aliphatic carbocycles. The van der Waals surface area contributed by atoms with Crippen molar-refractivity contribution in [3.63, 3.8) is 0 Å². The van der Waals surface area contributed by atoms with E-state index in [9.17, 15) is 9.18 Å². The molecule has 0 radical (unpaired) electrons. The van der Waals surface area contributed by atoms with E-state index < -0.39 is 5.97 Å². The van der Waals surface area contributed by atoms with E-state index in [0.717, 1.165) is 12.8 Å². The highest BCUT2D eigenvalue weighted by atomic mass is 35.5. The molecule has 146 valence electrons. The Morgan fingerprint density at radius 3 is 2.76 bits per heavy atom. The van der Waals surface area contributed by atoms with Crippen LogP contribution in [-0.2, 0) is 11.3 Å². The molecule has 3 aromatic heterocycles. The van der Waals surface area contributed by atoms with Gasteiger partial charge in [0.1, 0.15) is 23.4 Å². The zero-order chi connectivity index (χ0) is 20.0. The van der Waals surface area contributed by atoms with Crippen molar-refractivity contribution in [2.75, 3.05) is 0 Å². The van der Waals surface area contributed by atoms with Crippen LogP contribution in [0.4, 0.5) is 4.39 Å². The van der Waals surface area contributed by atoms with Gasteiger partial charge in [0, 0.05) is 5.92 Å². The van der Waals surface area contributed by atoms with Gasteiger partial charge in [-0.15, -0.1) is 5.10 Å². The summed E-state index contributed by atoms with van der Waals surface area (Å²) in [6, 6.07) is 9.27. The third-order valence-electron chi connectivity index (χ3n) is 4.63. The van der Waals surface area contributed by atoms with E-state index in [1.54, 1.807) is 28.9 Å². The largest absolute Gasteiger partial charge is 0.453 e. The summed E-state index contributed by atoms with van der Waals surface area (Å²) in [7, 11) is 0. The third kappa shape index (κ3) is 3.44. The lowest BCUT2D eigenvalue weighted by atomic mass is 10.2. The number of imidazole rings is 1. The Bertz CT molecular complexity index is 1220. The Hall–Kier alpha value is -3.33. The summed E-state index contributed by atoms with van der Waals surface area (Å²) in [6.07, 6.45) is 1.87. The summed E-state index contributed by atoms with van der Waals surface area (Å²) in [6.45, 7) is -0.0691. The van der Waals surface area contributed by atoms with E-state index in [0.29, 0.717) is 33.5 Å². The molecule has 4 aromatic rings. The van der Waals surface area contributed by atoms with Crippen LogP contribution in [0.2, 0.25) is 5.15 Å². The Balaban J connectivity index is 1.38. The number of fused-ring (bicyclic) bond motifs is 1. The molecule has 0 amide bonds. The summed E-state index contributed by atoms with van der Waals surface area (Å²) in [5.41, 5.74) is 2.62. The number of pyridine rings is 1. The molecule has 0 spiro atoms. The molecule has 1 fully saturated rings. The average Bonchev–Trinajstić information content (AvgIpc) is 3.32. The Kier molecular flexibility index (Phi) is 4.24. The second-order valence-corrected chi connectivity index (χ2v) is 7.14. The van der Waals surface area contributed by atoms with Crippen LogP contribution in [0.5, 0.6) is 0 Å². The van der Waals surface area contributed by atoms with Gasteiger partial charge < -0.3 is 9.72 Å². The Morgan fingerprint density at radius 1 is 1.21 bits per heavy atom. The molecule has 1 aromatic carbocycles. The first-order valence-corrected chi connectivity index (χ1v) is 9.36. The monoisotopic (exact) mass is 412 g/mol. The molecule has 0 atom stereocenters. The standard InChI is InChI=1S/C19H14ClFN6O2/c20-14-8-7-13-18(23-14)24-15(22-13)9-29-19(28)16-17(10-1-2-10)27(26-25-16)12-5-3-11(21)4-6-12/h3-8,10H,1-2,9H2,(H,22,23,24). The van der Waals surface area contributed by atoms with Gasteiger partial charge in [-0.05, 0) is 49.2 Å². The molecule has 10 heteroatoms. The number of hydrogen-bond acceptors (Lipinski definition) is 6. The van der Waals surface area contributed by atoms with E-state index in [2.05, 4.69) is 25.3 Å². The maximum atomic E-state index is 13.2. The summed E-state index contributed by atoms with van der Waals surface area (Å²) < 4.78 is 20.2. The summed E-state index contributed by atoms with van der Waals surface area (Å²) in [4.78, 5) is 24.1. The van der Waals surface area contributed by atoms with Gasteiger partial charge in [0.25, 0.3) is 0 Å². The highest BCUT2D eigenvalue weighted by Gasteiger charge is 2.35. The van der Waals surface area contributed by atoms with E-state index in [4.69, 9.17) is 16.3 Å². The lowest BCUT2D eigenvalue weighted by molar-refractivity contribution is 0.0455. The molecule has 0 saturated heterocycles. The predicted octanol–water partition coefficient (Wildman–Crippen LogP) is 3.57. The first kappa shape index (κ1) is 17.7. The van der Waals surface area contributed by atoms with Crippen molar-refractivity contribution in [1.29, 1.82) is 0 Å². The second kappa shape index (κ2) is 6.93. The number of halogens is 2. The van der Waals surface area contributed by atoms with Crippen molar-refractivity contribution in [1.82, 2.24) is 29.9 Å². The Morgan fingerprint density at radius 2 is 2.00 bits per heavy atom. The third-order valence-corrected chi connectivity index (χ3v) is 4.85. The number of aromatic nitrogens is 6. The maximum Gasteiger partial charge on any atom is 0.361 e. The molecule has 1 N–H and O–H groups in total. The van der Waals surface area contributed by atoms with Crippen molar-refractivity contribution < 1.29 is 13.9 Å². The minimum Gasteiger partial charge on any atom is -0.453 e. The normalized spacial score (nSPS) is 13.7. The first-order chi connectivity index (χ1) is 14.1. The van der Waals surface area contributed by atoms with Gasteiger partial charge in [0.15, 0.2) is 11.3 Å². The van der Waals surface area contributed by atoms with Crippen molar-refractivity contribution in [3.05, 3.63) is 64.6 Å². The van der Waals surface area contributed by atoms with Crippen LogP contribution in [0.15, 0.2) is 36.4 Å². The SMILES string of the molecule is O=C(OCc1nc2nc(Cl)ccc2[nH]1)c1nnn(-c2ccc(F)cc2)c1C1CC1. The fourth-order valence-electron chi connectivity index (χ4n) is 3.12. The van der Waals surface area contributed by atoms with Gasteiger partial charge in [0.2, 0.25) is 0 Å². The maximum absolute atomic E-state index is 13.2. The smallest absolute Gasteiger partial charge is 0.361 e. The number of carbonyl (C=O) groups excluding carboxylic acids is 1. The minimum absolute atomic E-state index is 0.0691. The van der Waals surface area contributed by atoms with Gasteiger partial charge in [0.05, 0.1) is 16.9 Å². The number of nitrogens with zero attached hydrogens (tertiary/aromatic N) is 5. The number of hydrogen-bond donors (Lipinski definition) is 1. The van der Waals surface area contributed by atoms with Gasteiger partial charge in [-0.25, -0.2) is 23.8 Å². The quantitative estimate of drug-likeness (QED) is 0.397. The number of rotatable bonds is 5. The summed E-state index contributed by atoms with van der Waals surface area (Å²) in [5.74, 6) is -0.313. The molecule has 5 rings (SSSR count). The number of aromatic amines is 1.